The molecule has 0 aliphatic carbocycles. The standard InChI is InChI=1S/C8H7N.CH4/c1-3-8-5-4-7(2)9-6-8;/h1,4-6H,2H3;1H4. The molecule has 1 nitrogen and oxygen atoms in total. The average molecular weight is 133 g/mol. The number of hydrogen-bond donors (Lipinski definition) is 0. The zero-order chi connectivity index (χ0) is 6.69. The van der Waals surface area contributed by atoms with Crippen LogP contribution in [-0.2, 0) is 0 Å². The Morgan fingerprint density at radius 2 is 2.20 bits per heavy atom. The Hall–Kier alpha value is -1.29. The molecule has 0 aliphatic rings. The molecule has 1 aromatic rings. The molecule has 0 aromatic carbocycles. The van der Waals surface area contributed by atoms with Gasteiger partial charge in [-0.3, -0.25) is 4.98 Å². The van der Waals surface area contributed by atoms with E-state index in [0.717, 1.165) is 11.3 Å². The van der Waals surface area contributed by atoms with Crippen molar-refractivity contribution in [2.75, 3.05) is 0 Å². The zero-order valence-electron chi connectivity index (χ0n) is 5.26. The average Bonchev–Trinajstić information content (AvgIpc) is 1.90. The van der Waals surface area contributed by atoms with E-state index in [4.69, 9.17) is 6.42 Å². The van der Waals surface area contributed by atoms with Crippen molar-refractivity contribution < 1.29 is 0 Å². The molecular weight excluding hydrogens is 122 g/mol. The van der Waals surface area contributed by atoms with Crippen molar-refractivity contribution >= 4 is 0 Å². The second-order valence-corrected chi connectivity index (χ2v) is 1.83. The Bertz CT molecular complexity index is 228. The Labute approximate surface area is 62.1 Å². The van der Waals surface area contributed by atoms with Gasteiger partial charge < -0.3 is 0 Å². The lowest BCUT2D eigenvalue weighted by Crippen LogP contribution is -1.79. The number of terminal acetylenes is 1. The van der Waals surface area contributed by atoms with Crippen LogP contribution in [0.4, 0.5) is 0 Å². The summed E-state index contributed by atoms with van der Waals surface area (Å²) < 4.78 is 0. The third-order valence-corrected chi connectivity index (χ3v) is 1.08. The van der Waals surface area contributed by atoms with E-state index in [1.807, 2.05) is 19.1 Å². The van der Waals surface area contributed by atoms with Gasteiger partial charge in [0.25, 0.3) is 0 Å². The second kappa shape index (κ2) is 3.68. The van der Waals surface area contributed by atoms with Gasteiger partial charge in [-0.1, -0.05) is 13.3 Å². The highest BCUT2D eigenvalue weighted by molar-refractivity contribution is 5.29. The van der Waals surface area contributed by atoms with Crippen LogP contribution in [-0.4, -0.2) is 4.98 Å². The molecule has 0 atom stereocenters. The fourth-order valence-electron chi connectivity index (χ4n) is 0.553. The third kappa shape index (κ3) is 1.91. The first-order valence-corrected chi connectivity index (χ1v) is 2.72. The van der Waals surface area contributed by atoms with Crippen molar-refractivity contribution in [1.82, 2.24) is 4.98 Å². The molecule has 0 bridgehead atoms. The Morgan fingerprint density at radius 3 is 2.60 bits per heavy atom. The van der Waals surface area contributed by atoms with Crippen molar-refractivity contribution in [1.29, 1.82) is 0 Å². The molecule has 0 fully saturated rings. The minimum atomic E-state index is 0. The molecule has 10 heavy (non-hydrogen) atoms. The quantitative estimate of drug-likeness (QED) is 0.493. The predicted molar refractivity (Wildman–Crippen MR) is 43.6 cm³/mol. The molecule has 0 unspecified atom stereocenters. The van der Waals surface area contributed by atoms with Crippen molar-refractivity contribution in [2.45, 2.75) is 14.4 Å². The summed E-state index contributed by atoms with van der Waals surface area (Å²) in [5.74, 6) is 2.49. The van der Waals surface area contributed by atoms with Crippen molar-refractivity contribution in [3.63, 3.8) is 0 Å². The Balaban J connectivity index is 0.000000810. The van der Waals surface area contributed by atoms with Gasteiger partial charge in [-0.15, -0.1) is 6.42 Å². The van der Waals surface area contributed by atoms with Crippen LogP contribution in [0.1, 0.15) is 18.7 Å². The third-order valence-electron chi connectivity index (χ3n) is 1.08. The van der Waals surface area contributed by atoms with E-state index in [-0.39, 0.29) is 7.43 Å². The molecule has 1 heterocycles. The molecule has 0 N–H and O–H groups in total. The molecule has 0 radical (unpaired) electrons. The van der Waals surface area contributed by atoms with Gasteiger partial charge in [0, 0.05) is 17.5 Å². The Morgan fingerprint density at radius 1 is 1.50 bits per heavy atom. The molecule has 1 heteroatoms. The molecule has 0 saturated carbocycles. The fraction of sp³-hybridized carbons (Fsp3) is 0.222. The summed E-state index contributed by atoms with van der Waals surface area (Å²) in [5, 5.41) is 0. The summed E-state index contributed by atoms with van der Waals surface area (Å²) in [6, 6.07) is 3.78. The molecule has 0 amide bonds. The topological polar surface area (TPSA) is 12.9 Å². The highest BCUT2D eigenvalue weighted by atomic mass is 14.6. The SMILES string of the molecule is C.C#Cc1ccc(C)nc1. The van der Waals surface area contributed by atoms with Crippen molar-refractivity contribution in [3.05, 3.63) is 29.6 Å². The monoisotopic (exact) mass is 133 g/mol. The maximum atomic E-state index is 5.11. The van der Waals surface area contributed by atoms with Gasteiger partial charge in [0.15, 0.2) is 0 Å². The largest absolute Gasteiger partial charge is 0.260 e. The lowest BCUT2D eigenvalue weighted by molar-refractivity contribution is 1.19. The van der Waals surface area contributed by atoms with Crippen molar-refractivity contribution in [3.8, 4) is 12.3 Å². The van der Waals surface area contributed by atoms with Gasteiger partial charge in [-0.05, 0) is 19.1 Å². The number of aryl methyl sites for hydroxylation is 1. The van der Waals surface area contributed by atoms with Crippen LogP contribution in [0.3, 0.4) is 0 Å². The number of aromatic nitrogens is 1. The van der Waals surface area contributed by atoms with Crippen LogP contribution in [0, 0.1) is 19.3 Å². The van der Waals surface area contributed by atoms with Crippen LogP contribution < -0.4 is 0 Å². The van der Waals surface area contributed by atoms with Gasteiger partial charge in [0.1, 0.15) is 0 Å². The molecule has 0 saturated heterocycles. The van der Waals surface area contributed by atoms with Gasteiger partial charge in [0.2, 0.25) is 0 Å². The summed E-state index contributed by atoms with van der Waals surface area (Å²) in [5.41, 5.74) is 1.83. The van der Waals surface area contributed by atoms with Gasteiger partial charge in [-0.25, -0.2) is 0 Å². The molecule has 52 valence electrons. The van der Waals surface area contributed by atoms with Crippen LogP contribution in [0.5, 0.6) is 0 Å². The van der Waals surface area contributed by atoms with Gasteiger partial charge >= 0.3 is 0 Å². The predicted octanol–water partition coefficient (Wildman–Crippen LogP) is 2.01. The zero-order valence-corrected chi connectivity index (χ0v) is 5.26. The summed E-state index contributed by atoms with van der Waals surface area (Å²) in [4.78, 5) is 4.01. The fourth-order valence-corrected chi connectivity index (χ4v) is 0.553. The lowest BCUT2D eigenvalue weighted by Gasteiger charge is -1.88. The molecule has 1 aromatic heterocycles. The minimum absolute atomic E-state index is 0. The summed E-state index contributed by atoms with van der Waals surface area (Å²) in [6.45, 7) is 1.93. The molecular formula is C9H11N. The summed E-state index contributed by atoms with van der Waals surface area (Å²) in [7, 11) is 0. The van der Waals surface area contributed by atoms with E-state index in [1.54, 1.807) is 6.20 Å². The molecule has 0 spiro atoms. The van der Waals surface area contributed by atoms with Crippen LogP contribution in [0.15, 0.2) is 18.3 Å². The van der Waals surface area contributed by atoms with Crippen molar-refractivity contribution in [2.24, 2.45) is 0 Å². The van der Waals surface area contributed by atoms with Crippen LogP contribution >= 0.6 is 0 Å². The smallest absolute Gasteiger partial charge is 0.0427 e. The Kier molecular flexibility index (Phi) is 3.21. The first-order valence-electron chi connectivity index (χ1n) is 2.72. The highest BCUT2D eigenvalue weighted by Crippen LogP contribution is 1.95. The summed E-state index contributed by atoms with van der Waals surface area (Å²) >= 11 is 0. The van der Waals surface area contributed by atoms with E-state index in [9.17, 15) is 0 Å². The lowest BCUT2D eigenvalue weighted by atomic mass is 10.3. The minimum Gasteiger partial charge on any atom is -0.260 e. The number of nitrogens with zero attached hydrogens (tertiary/aromatic N) is 1. The van der Waals surface area contributed by atoms with Crippen LogP contribution in [0.2, 0.25) is 0 Å². The van der Waals surface area contributed by atoms with Gasteiger partial charge in [0.05, 0.1) is 0 Å². The number of hydrogen-bond acceptors (Lipinski definition) is 1. The molecule has 1 rings (SSSR count). The van der Waals surface area contributed by atoms with E-state index >= 15 is 0 Å². The number of rotatable bonds is 0. The summed E-state index contributed by atoms with van der Waals surface area (Å²) in [6.07, 6.45) is 6.80. The normalized spacial score (nSPS) is 7.60. The first kappa shape index (κ1) is 8.71. The number of pyridine rings is 1. The maximum Gasteiger partial charge on any atom is 0.0427 e. The second-order valence-electron chi connectivity index (χ2n) is 1.83. The first-order chi connectivity index (χ1) is 4.33. The van der Waals surface area contributed by atoms with E-state index < -0.39 is 0 Å². The van der Waals surface area contributed by atoms with E-state index in [1.165, 1.54) is 0 Å². The highest BCUT2D eigenvalue weighted by Gasteiger charge is 1.84. The van der Waals surface area contributed by atoms with Crippen LogP contribution in [0.25, 0.3) is 0 Å². The van der Waals surface area contributed by atoms with E-state index in [0.29, 0.717) is 0 Å². The van der Waals surface area contributed by atoms with Gasteiger partial charge in [-0.2, -0.15) is 0 Å². The molecule has 0 aliphatic heterocycles. The maximum absolute atomic E-state index is 5.11. The van der Waals surface area contributed by atoms with E-state index in [2.05, 4.69) is 10.9 Å².